The van der Waals surface area contributed by atoms with Gasteiger partial charge < -0.3 is 0 Å². The summed E-state index contributed by atoms with van der Waals surface area (Å²) in [7, 11) is 0. The molecule has 1 aliphatic heterocycles. The summed E-state index contributed by atoms with van der Waals surface area (Å²) in [6, 6.07) is 23.1. The second-order valence-electron chi connectivity index (χ2n) is 8.48. The molecule has 1 saturated carbocycles. The van der Waals surface area contributed by atoms with E-state index in [1.54, 1.807) is 24.3 Å². The molecule has 1 aliphatic carbocycles. The molecule has 0 saturated heterocycles. The first kappa shape index (κ1) is 21.5. The number of hydrogen-bond acceptors (Lipinski definition) is 6. The fraction of sp³-hybridized carbons (Fsp3) is 0.192. The summed E-state index contributed by atoms with van der Waals surface area (Å²) in [5.41, 5.74) is 5.10. The number of para-hydroxylation sites is 1. The molecule has 0 amide bonds. The number of hydrazone groups is 1. The van der Waals surface area contributed by atoms with E-state index in [0.717, 1.165) is 47.4 Å². The Bertz CT molecular complexity index is 1280. The maximum Gasteiger partial charge on any atom is 0.269 e. The van der Waals surface area contributed by atoms with Gasteiger partial charge in [0.25, 0.3) is 11.4 Å². The first-order chi connectivity index (χ1) is 16.5. The van der Waals surface area contributed by atoms with E-state index in [1.165, 1.54) is 12.1 Å². The Morgan fingerprint density at radius 2 is 1.47 bits per heavy atom. The summed E-state index contributed by atoms with van der Waals surface area (Å²) in [5, 5.41) is 29.2. The van der Waals surface area contributed by atoms with Gasteiger partial charge in [-0.1, -0.05) is 30.3 Å². The van der Waals surface area contributed by atoms with Gasteiger partial charge in [0.1, 0.15) is 0 Å². The van der Waals surface area contributed by atoms with Crippen molar-refractivity contribution in [3.8, 4) is 0 Å². The highest BCUT2D eigenvalue weighted by Gasteiger charge is 2.41. The van der Waals surface area contributed by atoms with Crippen LogP contribution in [0.5, 0.6) is 0 Å². The van der Waals surface area contributed by atoms with Gasteiger partial charge in [-0.2, -0.15) is 5.10 Å². The largest absolute Gasteiger partial charge is 0.269 e. The van der Waals surface area contributed by atoms with Gasteiger partial charge in [-0.05, 0) is 66.3 Å². The van der Waals surface area contributed by atoms with Gasteiger partial charge >= 0.3 is 0 Å². The predicted octanol–water partition coefficient (Wildman–Crippen LogP) is 6.30. The number of benzene rings is 3. The molecular weight excluding hydrogens is 432 g/mol. The summed E-state index contributed by atoms with van der Waals surface area (Å²) in [4.78, 5) is 21.3. The van der Waals surface area contributed by atoms with Crippen molar-refractivity contribution in [2.24, 2.45) is 11.0 Å². The van der Waals surface area contributed by atoms with Crippen LogP contribution >= 0.6 is 0 Å². The number of nitrogens with zero attached hydrogens (tertiary/aromatic N) is 4. The maximum absolute atomic E-state index is 11.1. The van der Waals surface area contributed by atoms with Crippen molar-refractivity contribution in [2.45, 2.75) is 25.3 Å². The van der Waals surface area contributed by atoms with Crippen molar-refractivity contribution >= 4 is 28.8 Å². The molecule has 34 heavy (non-hydrogen) atoms. The van der Waals surface area contributed by atoms with E-state index in [2.05, 4.69) is 6.08 Å². The normalized spacial score (nSPS) is 20.6. The zero-order valence-corrected chi connectivity index (χ0v) is 18.3. The molecule has 0 bridgehead atoms. The van der Waals surface area contributed by atoms with E-state index in [1.807, 2.05) is 47.5 Å². The lowest BCUT2D eigenvalue weighted by Crippen LogP contribution is -2.28. The smallest absolute Gasteiger partial charge is 0.258 e. The van der Waals surface area contributed by atoms with Crippen LogP contribution in [0.4, 0.5) is 17.1 Å². The van der Waals surface area contributed by atoms with E-state index in [0.29, 0.717) is 0 Å². The summed E-state index contributed by atoms with van der Waals surface area (Å²) >= 11 is 0. The van der Waals surface area contributed by atoms with Crippen molar-refractivity contribution in [1.82, 2.24) is 0 Å². The van der Waals surface area contributed by atoms with Crippen molar-refractivity contribution in [3.63, 3.8) is 0 Å². The Balaban J connectivity index is 1.54. The number of hydrogen-bond donors (Lipinski definition) is 0. The molecular formula is C26H22N4O4. The highest BCUT2D eigenvalue weighted by molar-refractivity contribution is 6.08. The van der Waals surface area contributed by atoms with Crippen LogP contribution in [-0.4, -0.2) is 15.6 Å². The Kier molecular flexibility index (Phi) is 5.63. The van der Waals surface area contributed by atoms with E-state index in [-0.39, 0.29) is 28.3 Å². The van der Waals surface area contributed by atoms with Gasteiger partial charge in [-0.3, -0.25) is 25.2 Å². The number of nitro benzene ring substituents is 2. The molecule has 3 aromatic carbocycles. The van der Waals surface area contributed by atoms with Crippen LogP contribution in [0.2, 0.25) is 0 Å². The average Bonchev–Trinajstić information content (AvgIpc) is 3.26. The van der Waals surface area contributed by atoms with Crippen molar-refractivity contribution in [2.75, 3.05) is 5.01 Å². The van der Waals surface area contributed by atoms with E-state index >= 15 is 0 Å². The van der Waals surface area contributed by atoms with E-state index < -0.39 is 4.92 Å². The maximum atomic E-state index is 11.1. The molecule has 0 aromatic heterocycles. The van der Waals surface area contributed by atoms with Crippen LogP contribution in [0.15, 0.2) is 89.5 Å². The van der Waals surface area contributed by atoms with Gasteiger partial charge in [0.2, 0.25) is 0 Å². The molecule has 3 aromatic rings. The number of rotatable bonds is 5. The molecule has 0 N–H and O–H groups in total. The fourth-order valence-corrected chi connectivity index (χ4v) is 4.82. The zero-order valence-electron chi connectivity index (χ0n) is 18.3. The van der Waals surface area contributed by atoms with Crippen LogP contribution in [-0.2, 0) is 0 Å². The Labute approximate surface area is 196 Å². The Hall–Kier alpha value is -4.33. The third-order valence-electron chi connectivity index (χ3n) is 6.41. The lowest BCUT2D eigenvalue weighted by Gasteiger charge is -2.30. The van der Waals surface area contributed by atoms with Crippen molar-refractivity contribution in [3.05, 3.63) is 116 Å². The summed E-state index contributed by atoms with van der Waals surface area (Å²) in [6.07, 6.45) is 4.90. The lowest BCUT2D eigenvalue weighted by atomic mass is 9.77. The summed E-state index contributed by atoms with van der Waals surface area (Å²) in [6.45, 7) is 0. The van der Waals surface area contributed by atoms with E-state index in [9.17, 15) is 20.2 Å². The van der Waals surface area contributed by atoms with Gasteiger partial charge in [-0.15, -0.1) is 0 Å². The molecule has 8 nitrogen and oxygen atoms in total. The zero-order chi connectivity index (χ0) is 23.7. The highest BCUT2D eigenvalue weighted by Crippen LogP contribution is 2.46. The summed E-state index contributed by atoms with van der Waals surface area (Å²) < 4.78 is 0. The fourth-order valence-electron chi connectivity index (χ4n) is 4.82. The Morgan fingerprint density at radius 1 is 0.853 bits per heavy atom. The number of anilines is 1. The number of fused-ring (bicyclic) bond motifs is 1. The van der Waals surface area contributed by atoms with E-state index in [4.69, 9.17) is 5.10 Å². The van der Waals surface area contributed by atoms with Gasteiger partial charge in [0.15, 0.2) is 0 Å². The van der Waals surface area contributed by atoms with Crippen LogP contribution in [0.25, 0.3) is 6.08 Å². The standard InChI is InChI=1S/C26H22N4O4/c31-29(32)22-13-9-18(10-14-22)17-20-5-4-8-24-25(20)27-28(21-6-2-1-3-7-21)26(24)19-11-15-23(16-12-19)30(33)34/h1-3,6-7,9-17,24,26H,4-5,8H2/b20-17-. The van der Waals surface area contributed by atoms with Crippen molar-refractivity contribution in [1.29, 1.82) is 0 Å². The molecule has 2 unspecified atom stereocenters. The lowest BCUT2D eigenvalue weighted by molar-refractivity contribution is -0.385. The third-order valence-corrected chi connectivity index (χ3v) is 6.41. The molecule has 170 valence electrons. The van der Waals surface area contributed by atoms with Gasteiger partial charge in [0.05, 0.1) is 27.3 Å². The number of allylic oxidation sites excluding steroid dienone is 1. The number of non-ortho nitro benzene ring substituents is 2. The SMILES string of the molecule is O=[N+]([O-])c1ccc(/C=C2/CCCC3C2=NN(c2ccccc2)C3c2ccc([N+](=O)[O-])cc2)cc1. The molecule has 8 heteroatoms. The second-order valence-corrected chi connectivity index (χ2v) is 8.48. The van der Waals surface area contributed by atoms with Crippen LogP contribution < -0.4 is 5.01 Å². The highest BCUT2D eigenvalue weighted by atomic mass is 16.6. The molecule has 0 spiro atoms. The minimum atomic E-state index is -0.402. The van der Waals surface area contributed by atoms with Crippen LogP contribution in [0.3, 0.4) is 0 Å². The molecule has 2 atom stereocenters. The monoisotopic (exact) mass is 454 g/mol. The molecule has 1 heterocycles. The van der Waals surface area contributed by atoms with Crippen LogP contribution in [0.1, 0.15) is 36.4 Å². The number of nitro groups is 2. The third kappa shape index (κ3) is 4.05. The van der Waals surface area contributed by atoms with Gasteiger partial charge in [0, 0.05) is 30.2 Å². The van der Waals surface area contributed by atoms with Crippen molar-refractivity contribution < 1.29 is 9.85 Å². The average molecular weight is 454 g/mol. The first-order valence-corrected chi connectivity index (χ1v) is 11.1. The Morgan fingerprint density at radius 3 is 2.09 bits per heavy atom. The first-order valence-electron chi connectivity index (χ1n) is 11.1. The molecule has 5 rings (SSSR count). The molecule has 0 radical (unpaired) electrons. The second kappa shape index (κ2) is 8.90. The predicted molar refractivity (Wildman–Crippen MR) is 131 cm³/mol. The summed E-state index contributed by atoms with van der Waals surface area (Å²) in [5.74, 6) is 0.139. The molecule has 2 aliphatic rings. The quantitative estimate of drug-likeness (QED) is 0.332. The topological polar surface area (TPSA) is 102 Å². The minimum Gasteiger partial charge on any atom is -0.258 e. The van der Waals surface area contributed by atoms with Crippen LogP contribution in [0, 0.1) is 26.1 Å². The van der Waals surface area contributed by atoms with Gasteiger partial charge in [-0.25, -0.2) is 0 Å². The molecule has 1 fully saturated rings. The minimum absolute atomic E-state index is 0.0652.